The Morgan fingerprint density at radius 3 is 1.09 bits per heavy atom. The standard InChI is InChI=1S/C88H127N19O31/c1-44(2)37-58(100-82(132)59(40-48-18-22-50(109)23-19-48)99-73(123)52(90)26-30-66(111)112)79(129)96-55(27-31-67(113)114)75(125)94-54(16-11-35-93-88(91)92)74(124)103-62(42-70(119)120)84(134)102-60(39-47-13-7-6-8-14-47)81(131)97-56(28-32-68(115)116)76(126)101-61(41-49-20-24-51(110)25-21-49)80(130)95-53(15-9-10-34-89)78(128)106-72(46(5)108)86(136)107-36-12-17-65(107)85(135)104-63(43-71(121)122)83(133)98-57(29-33-69(117)118)77(127)105-64(87(137)138)38-45(3)4/h6-8,13-14,18-25,44-46,52-65,72,108-110H,9-12,15-17,26-43,89-90H2,1-5H3,(H,94,125)(H,95,130)(H,96,129)(H,97,131)(H,98,133)(H,99,123)(H,100,132)(H,101,126)(H,102,134)(H,103,124)(H,104,135)(H,105,127)(H,106,128)(H,111,112)(H,113,114)(H,115,116)(H,117,118)(H,119,120)(H,121,122)(H,137,138)(H4,91,92,93)/t46-,52+,53+,54+,55+,56+,57+,58+,59+,60+,61+,62+,63+,64+,65+,72+/m1/s1. The number of unbranched alkanes of at least 4 members (excludes halogenated alkanes) is 1. The number of carbonyl (C=O) groups excluding carboxylic acids is 14. The summed E-state index contributed by atoms with van der Waals surface area (Å²) in [5.41, 5.74) is 18.1. The molecule has 1 fully saturated rings. The first kappa shape index (κ1) is 116. The van der Waals surface area contributed by atoms with E-state index in [1.54, 1.807) is 33.8 Å². The molecule has 31 N–H and O–H groups in total. The number of aliphatic hydroxyl groups is 1. The minimum absolute atomic E-state index is 0.0278. The maximum absolute atomic E-state index is 15.0. The molecule has 0 aromatic heterocycles. The first-order chi connectivity index (χ1) is 64.9. The molecule has 50 heteroatoms. The number of phenols is 2. The van der Waals surface area contributed by atoms with E-state index in [1.165, 1.54) is 72.8 Å². The van der Waals surface area contributed by atoms with Crippen LogP contribution in [-0.4, -0.2) is 303 Å². The normalized spacial score (nSPS) is 15.5. The van der Waals surface area contributed by atoms with Crippen LogP contribution in [0, 0.1) is 17.2 Å². The molecule has 0 spiro atoms. The Kier molecular flexibility index (Phi) is 49.0. The molecule has 1 heterocycles. The second-order valence-electron chi connectivity index (χ2n) is 34.0. The van der Waals surface area contributed by atoms with Gasteiger partial charge in [-0.15, -0.1) is 0 Å². The molecule has 0 aliphatic carbocycles. The quantitative estimate of drug-likeness (QED) is 0.0143. The summed E-state index contributed by atoms with van der Waals surface area (Å²) in [6.07, 6.45) is -12.2. The van der Waals surface area contributed by atoms with Gasteiger partial charge < -0.3 is 148 Å². The van der Waals surface area contributed by atoms with Gasteiger partial charge in [0.1, 0.15) is 96.1 Å². The third-order valence-electron chi connectivity index (χ3n) is 21.5. The minimum atomic E-state index is -2.22. The first-order valence-electron chi connectivity index (χ1n) is 44.6. The van der Waals surface area contributed by atoms with E-state index in [1.807, 2.05) is 0 Å². The van der Waals surface area contributed by atoms with Gasteiger partial charge in [-0.25, -0.2) is 4.79 Å². The molecule has 3 aromatic carbocycles. The first-order valence-corrected chi connectivity index (χ1v) is 44.6. The van der Waals surface area contributed by atoms with Gasteiger partial charge in [-0.3, -0.25) is 101 Å². The summed E-state index contributed by atoms with van der Waals surface area (Å²) in [5, 5.41) is 141. The van der Waals surface area contributed by atoms with Gasteiger partial charge in [0.2, 0.25) is 82.7 Å². The Labute approximate surface area is 792 Å². The third-order valence-corrected chi connectivity index (χ3v) is 21.5. The summed E-state index contributed by atoms with van der Waals surface area (Å²) in [7, 11) is 0. The number of carboxylic acid groups (broad SMARTS) is 7. The van der Waals surface area contributed by atoms with Crippen LogP contribution in [0.2, 0.25) is 0 Å². The van der Waals surface area contributed by atoms with Crippen LogP contribution in [0.5, 0.6) is 11.5 Å². The van der Waals surface area contributed by atoms with Crippen LogP contribution in [0.4, 0.5) is 0 Å². The molecular weight excluding hydrogens is 1820 g/mol. The molecule has 0 radical (unpaired) electrons. The van der Waals surface area contributed by atoms with Crippen molar-refractivity contribution in [1.29, 1.82) is 5.41 Å². The van der Waals surface area contributed by atoms with Gasteiger partial charge in [0.05, 0.1) is 25.0 Å². The molecule has 50 nitrogen and oxygen atoms in total. The molecule has 760 valence electrons. The fourth-order valence-electron chi connectivity index (χ4n) is 14.4. The number of rotatable bonds is 63. The van der Waals surface area contributed by atoms with Crippen molar-refractivity contribution in [3.8, 4) is 11.5 Å². The number of hydrogen-bond acceptors (Lipinski definition) is 27. The number of aliphatic carboxylic acids is 7. The second kappa shape index (κ2) is 58.5. The lowest BCUT2D eigenvalue weighted by molar-refractivity contribution is -0.146. The zero-order valence-electron chi connectivity index (χ0n) is 76.8. The lowest BCUT2D eigenvalue weighted by atomic mass is 10.00. The van der Waals surface area contributed by atoms with Crippen molar-refractivity contribution in [1.82, 2.24) is 79.3 Å². The Morgan fingerprint density at radius 2 is 0.710 bits per heavy atom. The number of carboxylic acids is 7. The zero-order valence-corrected chi connectivity index (χ0v) is 76.8. The van der Waals surface area contributed by atoms with Crippen molar-refractivity contribution < 1.29 is 152 Å². The Morgan fingerprint density at radius 1 is 0.384 bits per heavy atom. The van der Waals surface area contributed by atoms with E-state index >= 15 is 9.59 Å². The summed E-state index contributed by atoms with van der Waals surface area (Å²) >= 11 is 0. The molecule has 138 heavy (non-hydrogen) atoms. The van der Waals surface area contributed by atoms with E-state index in [9.17, 15) is 142 Å². The number of carbonyl (C=O) groups is 21. The van der Waals surface area contributed by atoms with E-state index in [2.05, 4.69) is 74.4 Å². The highest BCUT2D eigenvalue weighted by Crippen LogP contribution is 2.23. The van der Waals surface area contributed by atoms with Crippen molar-refractivity contribution in [2.45, 2.75) is 273 Å². The molecule has 0 bridgehead atoms. The number of hydrogen-bond donors (Lipinski definition) is 28. The highest BCUT2D eigenvalue weighted by Gasteiger charge is 2.44. The van der Waals surface area contributed by atoms with Gasteiger partial charge in [-0.05, 0) is 150 Å². The summed E-state index contributed by atoms with van der Waals surface area (Å²) in [4.78, 5) is 288. The van der Waals surface area contributed by atoms with E-state index in [0.717, 1.165) is 11.8 Å². The number of phenolic OH excluding ortho intramolecular Hbond substituents is 2. The fourth-order valence-corrected chi connectivity index (χ4v) is 14.4. The van der Waals surface area contributed by atoms with Gasteiger partial charge in [-0.2, -0.15) is 0 Å². The van der Waals surface area contributed by atoms with E-state index in [4.69, 9.17) is 22.6 Å². The van der Waals surface area contributed by atoms with Crippen LogP contribution in [-0.2, 0) is 120 Å². The maximum Gasteiger partial charge on any atom is 0.326 e. The molecule has 0 saturated carbocycles. The van der Waals surface area contributed by atoms with E-state index < -0.39 is 310 Å². The fraction of sp³-hybridized carbons (Fsp3) is 0.545. The van der Waals surface area contributed by atoms with Gasteiger partial charge in [0.15, 0.2) is 5.96 Å². The summed E-state index contributed by atoms with van der Waals surface area (Å²) in [6.45, 7) is 7.23. The Hall–Kier alpha value is -14.7. The van der Waals surface area contributed by atoms with Gasteiger partial charge in [0.25, 0.3) is 0 Å². The molecule has 4 rings (SSSR count). The molecule has 1 saturated heterocycles. The van der Waals surface area contributed by atoms with Gasteiger partial charge >= 0.3 is 41.8 Å². The number of guanidine groups is 1. The number of benzene rings is 3. The maximum atomic E-state index is 15.0. The average Bonchev–Trinajstić information content (AvgIpc) is 1.65. The van der Waals surface area contributed by atoms with Crippen molar-refractivity contribution in [2.75, 3.05) is 19.6 Å². The molecule has 0 unspecified atom stereocenters. The Balaban J connectivity index is 1.71. The van der Waals surface area contributed by atoms with E-state index in [0.29, 0.717) is 5.56 Å². The number of likely N-dealkylation sites (tertiary alicyclic amines) is 1. The van der Waals surface area contributed by atoms with Crippen molar-refractivity contribution in [2.24, 2.45) is 29.0 Å². The van der Waals surface area contributed by atoms with Crippen molar-refractivity contribution >= 4 is 130 Å². The van der Waals surface area contributed by atoms with Crippen molar-refractivity contribution in [3.05, 3.63) is 95.6 Å². The van der Waals surface area contributed by atoms with Crippen molar-refractivity contribution in [3.63, 3.8) is 0 Å². The predicted molar refractivity (Wildman–Crippen MR) is 484 cm³/mol. The lowest BCUT2D eigenvalue weighted by Crippen LogP contribution is -2.62. The summed E-state index contributed by atoms with van der Waals surface area (Å²) < 4.78 is 0. The smallest absolute Gasteiger partial charge is 0.326 e. The monoisotopic (exact) mass is 1950 g/mol. The van der Waals surface area contributed by atoms with Crippen LogP contribution in [0.3, 0.4) is 0 Å². The molecule has 14 amide bonds. The van der Waals surface area contributed by atoms with Crippen LogP contribution in [0.1, 0.15) is 173 Å². The summed E-state index contributed by atoms with van der Waals surface area (Å²) in [6, 6.07) is -9.00. The SMILES string of the molecule is CC(C)C[C@H](NC(=O)[C@H](CCC(=O)O)NC(=O)[C@H](CC(=O)O)NC(=O)[C@@H]1CCCN1C(=O)[C@@H](NC(=O)[C@H](CCCCN)NC(=O)[C@H](Cc1ccc(O)cc1)NC(=O)[C@H](CCC(=O)O)NC(=O)[C@H](Cc1ccccc1)NC(=O)[C@H](CC(=O)O)NC(=O)[C@H](CCCNC(=N)N)NC(=O)[C@H](CCC(=O)O)NC(=O)[C@H](CC(C)C)NC(=O)[C@H](Cc1ccc(O)cc1)NC(=O)[C@@H](N)CCC(=O)O)[C@@H](C)O)C(=O)O. The molecule has 3 aromatic rings. The highest BCUT2D eigenvalue weighted by molar-refractivity contribution is 6.02. The van der Waals surface area contributed by atoms with Crippen LogP contribution in [0.15, 0.2) is 78.9 Å². The highest BCUT2D eigenvalue weighted by atomic mass is 16.4. The predicted octanol–water partition coefficient (Wildman–Crippen LogP) is -4.90. The number of nitrogens with two attached hydrogens (primary N) is 3. The molecular formula is C88H127N19O31. The van der Waals surface area contributed by atoms with Gasteiger partial charge in [0, 0.05) is 58.0 Å². The topological polar surface area (TPSA) is 834 Å². The average molecular weight is 1950 g/mol. The van der Waals surface area contributed by atoms with Gasteiger partial charge in [-0.1, -0.05) is 82.3 Å². The minimum Gasteiger partial charge on any atom is -0.508 e. The lowest BCUT2D eigenvalue weighted by Gasteiger charge is -2.32. The molecule has 1 aliphatic rings. The molecule has 1 aliphatic heterocycles. The number of aliphatic hydroxyl groups excluding tert-OH is 1. The van der Waals surface area contributed by atoms with Crippen LogP contribution in [0.25, 0.3) is 0 Å². The second-order valence-corrected chi connectivity index (χ2v) is 34.0. The van der Waals surface area contributed by atoms with E-state index in [-0.39, 0.29) is 112 Å². The number of nitrogens with one attached hydrogen (secondary N) is 15. The number of aromatic hydroxyl groups is 2. The number of nitrogens with zero attached hydrogens (tertiary/aromatic N) is 1. The largest absolute Gasteiger partial charge is 0.508 e. The zero-order chi connectivity index (χ0) is 103. The van der Waals surface area contributed by atoms with Crippen LogP contribution >= 0.6 is 0 Å². The summed E-state index contributed by atoms with van der Waals surface area (Å²) in [5.74, 6) is -29.3. The molecule has 16 atom stereocenters. The Bertz CT molecular complexity index is 4740. The third kappa shape index (κ3) is 42.5. The van der Waals surface area contributed by atoms with Crippen LogP contribution < -0.4 is 91.6 Å². The number of amides is 14.